The first-order chi connectivity index (χ1) is 19.9. The van der Waals surface area contributed by atoms with Crippen LogP contribution in [0.1, 0.15) is 130 Å². The van der Waals surface area contributed by atoms with E-state index in [9.17, 15) is 19.3 Å². The van der Waals surface area contributed by atoms with E-state index >= 15 is 0 Å². The average Bonchev–Trinajstić information content (AvgIpc) is 2.85. The Kier molecular flexibility index (Phi) is 17.1. The van der Waals surface area contributed by atoms with Gasteiger partial charge in [-0.3, -0.25) is 0 Å². The summed E-state index contributed by atoms with van der Waals surface area (Å²) in [5.41, 5.74) is 4.46. The molecule has 45 heavy (non-hydrogen) atoms. The number of phenols is 2. The van der Waals surface area contributed by atoms with Crippen molar-refractivity contribution < 1.29 is 53.9 Å². The Labute approximate surface area is 283 Å². The van der Waals surface area contributed by atoms with Crippen LogP contribution in [0.25, 0.3) is 0 Å². The van der Waals surface area contributed by atoms with Gasteiger partial charge in [-0.1, -0.05) is 83.1 Å². The van der Waals surface area contributed by atoms with Crippen LogP contribution in [0.4, 0.5) is 0 Å². The van der Waals surface area contributed by atoms with Crippen LogP contribution >= 0.6 is 16.5 Å². The number of benzene rings is 2. The van der Waals surface area contributed by atoms with E-state index in [1.807, 2.05) is 24.3 Å². The van der Waals surface area contributed by atoms with E-state index in [2.05, 4.69) is 83.1 Å². The minimum Gasteiger partial charge on any atom is -0.507 e. The zero-order chi connectivity index (χ0) is 34.3. The minimum absolute atomic E-state index is 0. The van der Waals surface area contributed by atoms with E-state index in [1.54, 1.807) is 13.8 Å². The van der Waals surface area contributed by atoms with Gasteiger partial charge in [-0.25, -0.2) is 0 Å². The number of phenolic OH excluding ortho intramolecular Hbond substituents is 2. The van der Waals surface area contributed by atoms with E-state index in [0.717, 1.165) is 33.4 Å². The van der Waals surface area contributed by atoms with Crippen LogP contribution in [0.5, 0.6) is 11.5 Å². The SMILES string of the molecule is CCO[P+](=O)OCc1cc(C(C)(C)C)c(O)c(C(C)(C)C)c1.CCO[P+](=O)OCc1cc(C(C)(C)C)c(O)c(C(C)(C)C)c1.[Ni]. The van der Waals surface area contributed by atoms with Crippen molar-refractivity contribution in [3.63, 3.8) is 0 Å². The maximum Gasteiger partial charge on any atom is 0.697 e. The van der Waals surface area contributed by atoms with Gasteiger partial charge < -0.3 is 10.2 Å². The van der Waals surface area contributed by atoms with Crippen LogP contribution in [-0.4, -0.2) is 23.4 Å². The fourth-order valence-corrected chi connectivity index (χ4v) is 5.46. The largest absolute Gasteiger partial charge is 0.697 e. The summed E-state index contributed by atoms with van der Waals surface area (Å²) in [7, 11) is -4.20. The van der Waals surface area contributed by atoms with Crippen LogP contribution < -0.4 is 0 Å². The normalized spacial score (nSPS) is 13.0. The van der Waals surface area contributed by atoms with Gasteiger partial charge in [0.2, 0.25) is 0 Å². The first-order valence-corrected chi connectivity index (χ1v) is 17.3. The molecule has 0 saturated heterocycles. The fraction of sp³-hybridized carbons (Fsp3) is 0.647. The third kappa shape index (κ3) is 14.1. The molecule has 2 atom stereocenters. The average molecular weight is 713 g/mol. The molecule has 0 amide bonds. The number of aromatic hydroxyl groups is 2. The summed E-state index contributed by atoms with van der Waals surface area (Å²) in [6.45, 7) is 29.3. The van der Waals surface area contributed by atoms with E-state index in [-0.39, 0.29) is 51.4 Å². The Morgan fingerprint density at radius 3 is 0.911 bits per heavy atom. The number of hydrogen-bond acceptors (Lipinski definition) is 8. The summed E-state index contributed by atoms with van der Waals surface area (Å²) in [5, 5.41) is 21.2. The van der Waals surface area contributed by atoms with E-state index < -0.39 is 16.5 Å². The van der Waals surface area contributed by atoms with Gasteiger partial charge in [0.15, 0.2) is 0 Å². The Balaban J connectivity index is 0.000000842. The van der Waals surface area contributed by atoms with Gasteiger partial charge in [0.25, 0.3) is 0 Å². The van der Waals surface area contributed by atoms with Crippen molar-refractivity contribution >= 4 is 16.5 Å². The standard InChI is InChI=1S/2C17H27O4P.Ni/c2*1-8-20-22(19)21-11-12-9-13(16(2,3)4)15(18)14(10-12)17(5,6)7;/h2*9-10H,8,11H2,1-7H3;/p+2. The summed E-state index contributed by atoms with van der Waals surface area (Å²) in [4.78, 5) is 0. The van der Waals surface area contributed by atoms with Gasteiger partial charge >= 0.3 is 16.5 Å². The van der Waals surface area contributed by atoms with Crippen LogP contribution in [0.2, 0.25) is 0 Å². The molecular weight excluding hydrogens is 657 g/mol. The molecule has 258 valence electrons. The van der Waals surface area contributed by atoms with Crippen LogP contribution in [-0.2, 0) is 78.6 Å². The molecule has 0 bridgehead atoms. The molecule has 0 aliphatic heterocycles. The van der Waals surface area contributed by atoms with Gasteiger partial charge in [0, 0.05) is 25.6 Å². The van der Waals surface area contributed by atoms with Gasteiger partial charge in [0.05, 0.1) is 0 Å². The zero-order valence-electron chi connectivity index (χ0n) is 29.7. The Hall–Kier alpha value is -1.43. The monoisotopic (exact) mass is 712 g/mol. The molecule has 0 aliphatic rings. The molecule has 11 heteroatoms. The maximum atomic E-state index is 11.5. The van der Waals surface area contributed by atoms with Crippen LogP contribution in [0.15, 0.2) is 24.3 Å². The molecule has 0 heterocycles. The topological polar surface area (TPSA) is 112 Å². The van der Waals surface area contributed by atoms with Gasteiger partial charge in [-0.05, 0) is 93.2 Å². The van der Waals surface area contributed by atoms with Gasteiger partial charge in [0.1, 0.15) is 37.9 Å². The summed E-state index contributed by atoms with van der Waals surface area (Å²) < 4.78 is 43.3. The molecule has 0 saturated carbocycles. The predicted molar refractivity (Wildman–Crippen MR) is 179 cm³/mol. The van der Waals surface area contributed by atoms with Gasteiger partial charge in [-0.15, -0.1) is 18.1 Å². The minimum atomic E-state index is -2.10. The molecule has 8 nitrogen and oxygen atoms in total. The van der Waals surface area contributed by atoms with E-state index in [4.69, 9.17) is 18.1 Å². The summed E-state index contributed by atoms with van der Waals surface area (Å²) >= 11 is 0. The molecular formula is C34H56NiO8P2+2. The molecule has 2 aromatic carbocycles. The number of hydrogen-bond donors (Lipinski definition) is 2. The summed E-state index contributed by atoms with van der Waals surface area (Å²) in [6.07, 6.45) is 0. The van der Waals surface area contributed by atoms with Crippen LogP contribution in [0, 0.1) is 0 Å². The Morgan fingerprint density at radius 2 is 0.733 bits per heavy atom. The molecule has 2 N–H and O–H groups in total. The van der Waals surface area contributed by atoms with Crippen molar-refractivity contribution in [3.8, 4) is 11.5 Å². The van der Waals surface area contributed by atoms with Crippen LogP contribution in [0.3, 0.4) is 0 Å². The first-order valence-electron chi connectivity index (χ1n) is 15.1. The second-order valence-corrected chi connectivity index (χ2v) is 16.8. The second-order valence-electron chi connectivity index (χ2n) is 14.9. The van der Waals surface area contributed by atoms with Crippen molar-refractivity contribution in [2.24, 2.45) is 0 Å². The van der Waals surface area contributed by atoms with Crippen molar-refractivity contribution in [1.82, 2.24) is 0 Å². The second kappa shape index (κ2) is 17.6. The molecule has 2 unspecified atom stereocenters. The molecule has 0 aliphatic carbocycles. The molecule has 0 spiro atoms. The number of rotatable bonds is 10. The van der Waals surface area contributed by atoms with Crippen molar-refractivity contribution in [3.05, 3.63) is 57.6 Å². The predicted octanol–water partition coefficient (Wildman–Crippen LogP) is 10.4. The smallest absolute Gasteiger partial charge is 0.507 e. The molecule has 2 rings (SSSR count). The van der Waals surface area contributed by atoms with Crippen molar-refractivity contribution in [2.75, 3.05) is 13.2 Å². The Bertz CT molecular complexity index is 1110. The molecule has 0 aromatic heterocycles. The first kappa shape index (κ1) is 43.6. The quantitative estimate of drug-likeness (QED) is 0.185. The maximum absolute atomic E-state index is 11.5. The van der Waals surface area contributed by atoms with E-state index in [0.29, 0.717) is 24.7 Å². The summed E-state index contributed by atoms with van der Waals surface area (Å²) in [5.74, 6) is 0.663. The van der Waals surface area contributed by atoms with E-state index in [1.165, 1.54) is 0 Å². The molecule has 2 aromatic rings. The zero-order valence-corrected chi connectivity index (χ0v) is 32.5. The van der Waals surface area contributed by atoms with Gasteiger partial charge in [-0.2, -0.15) is 0 Å². The molecule has 0 radical (unpaired) electrons. The fourth-order valence-electron chi connectivity index (χ4n) is 4.38. The molecule has 0 fully saturated rings. The van der Waals surface area contributed by atoms with Crippen molar-refractivity contribution in [2.45, 2.75) is 132 Å². The third-order valence-corrected chi connectivity index (χ3v) is 8.33. The van der Waals surface area contributed by atoms with Crippen molar-refractivity contribution in [1.29, 1.82) is 0 Å². The third-order valence-electron chi connectivity index (χ3n) is 6.71. The Morgan fingerprint density at radius 1 is 0.511 bits per heavy atom. The summed E-state index contributed by atoms with van der Waals surface area (Å²) in [6, 6.07) is 7.67.